The molecule has 0 saturated heterocycles. The summed E-state index contributed by atoms with van der Waals surface area (Å²) in [4.78, 5) is 13.1. The second kappa shape index (κ2) is 4.94. The predicted octanol–water partition coefficient (Wildman–Crippen LogP) is 1.65. The summed E-state index contributed by atoms with van der Waals surface area (Å²) in [5.41, 5.74) is 3.15. The van der Waals surface area contributed by atoms with Crippen LogP contribution in [0.4, 0.5) is 5.69 Å². The third-order valence-corrected chi connectivity index (χ3v) is 2.41. The van der Waals surface area contributed by atoms with Gasteiger partial charge in [0.1, 0.15) is 0 Å². The highest BCUT2D eigenvalue weighted by atomic mass is 16.3. The third-order valence-electron chi connectivity index (χ3n) is 2.41. The zero-order valence-corrected chi connectivity index (χ0v) is 9.45. The Bertz CT molecular complexity index is 361. The molecule has 1 aromatic rings. The number of anilines is 1. The van der Waals surface area contributed by atoms with Gasteiger partial charge in [-0.15, -0.1) is 0 Å². The van der Waals surface area contributed by atoms with Crippen LogP contribution in [0, 0.1) is 13.8 Å². The Hall–Kier alpha value is -1.35. The van der Waals surface area contributed by atoms with Crippen LogP contribution in [0.25, 0.3) is 0 Å². The van der Waals surface area contributed by atoms with Crippen molar-refractivity contribution in [2.75, 3.05) is 18.6 Å². The molecule has 0 bridgehead atoms. The lowest BCUT2D eigenvalue weighted by molar-refractivity contribution is -0.118. The van der Waals surface area contributed by atoms with Gasteiger partial charge in [0.2, 0.25) is 5.91 Å². The van der Waals surface area contributed by atoms with Gasteiger partial charge in [-0.3, -0.25) is 4.79 Å². The maximum Gasteiger partial charge on any atom is 0.229 e. The fourth-order valence-corrected chi connectivity index (χ4v) is 1.58. The second-order valence-corrected chi connectivity index (χ2v) is 3.72. The fraction of sp³-hybridized carbons (Fsp3) is 0.417. The molecule has 3 heteroatoms. The van der Waals surface area contributed by atoms with E-state index in [1.807, 2.05) is 32.0 Å². The van der Waals surface area contributed by atoms with Crippen molar-refractivity contribution < 1.29 is 9.90 Å². The minimum absolute atomic E-state index is 0.0653. The molecule has 1 N–H and O–H groups in total. The molecule has 0 aliphatic carbocycles. The summed E-state index contributed by atoms with van der Waals surface area (Å²) in [5.74, 6) is -0.0653. The molecule has 0 saturated carbocycles. The van der Waals surface area contributed by atoms with Crippen LogP contribution in [0.5, 0.6) is 0 Å². The van der Waals surface area contributed by atoms with E-state index >= 15 is 0 Å². The van der Waals surface area contributed by atoms with Crippen LogP contribution in [-0.2, 0) is 4.79 Å². The molecule has 1 rings (SSSR count). The van der Waals surface area contributed by atoms with Crippen LogP contribution in [-0.4, -0.2) is 24.7 Å². The van der Waals surface area contributed by atoms with Crippen LogP contribution >= 0.6 is 0 Å². The van der Waals surface area contributed by atoms with Gasteiger partial charge in [-0.05, 0) is 25.5 Å². The molecule has 0 radical (unpaired) electrons. The van der Waals surface area contributed by atoms with Gasteiger partial charge in [0.25, 0.3) is 0 Å². The number of hydrogen-bond donors (Lipinski definition) is 1. The summed E-state index contributed by atoms with van der Waals surface area (Å²) in [6.45, 7) is 3.89. The number of aryl methyl sites for hydroxylation is 2. The number of rotatable bonds is 3. The first-order valence-corrected chi connectivity index (χ1v) is 5.01. The van der Waals surface area contributed by atoms with E-state index in [1.165, 1.54) is 5.56 Å². The number of aliphatic hydroxyl groups is 1. The van der Waals surface area contributed by atoms with E-state index in [2.05, 4.69) is 0 Å². The number of carbonyl (C=O) groups excluding carboxylic acids is 1. The number of benzene rings is 1. The molecule has 1 aromatic carbocycles. The highest BCUT2D eigenvalue weighted by Crippen LogP contribution is 2.20. The molecule has 0 aromatic heterocycles. The maximum absolute atomic E-state index is 11.5. The summed E-state index contributed by atoms with van der Waals surface area (Å²) >= 11 is 0. The van der Waals surface area contributed by atoms with Crippen LogP contribution in [0.2, 0.25) is 0 Å². The molecule has 0 atom stereocenters. The molecule has 0 spiro atoms. The van der Waals surface area contributed by atoms with Crippen molar-refractivity contribution in [2.24, 2.45) is 0 Å². The van der Waals surface area contributed by atoms with Crippen molar-refractivity contribution in [1.29, 1.82) is 0 Å². The van der Waals surface area contributed by atoms with E-state index < -0.39 is 0 Å². The first-order chi connectivity index (χ1) is 7.06. The largest absolute Gasteiger partial charge is 0.396 e. The summed E-state index contributed by atoms with van der Waals surface area (Å²) in [6, 6.07) is 5.95. The average Bonchev–Trinajstić information content (AvgIpc) is 2.17. The topological polar surface area (TPSA) is 40.5 Å². The van der Waals surface area contributed by atoms with Gasteiger partial charge in [0.05, 0.1) is 13.0 Å². The Morgan fingerprint density at radius 3 is 2.60 bits per heavy atom. The van der Waals surface area contributed by atoms with Crippen LogP contribution in [0.3, 0.4) is 0 Å². The van der Waals surface area contributed by atoms with Crippen LogP contribution in [0.15, 0.2) is 18.2 Å². The number of hydrogen-bond acceptors (Lipinski definition) is 2. The fourth-order valence-electron chi connectivity index (χ4n) is 1.58. The SMILES string of the molecule is Cc1ccc(N(C)C(=O)CCO)c(C)c1. The molecule has 15 heavy (non-hydrogen) atoms. The Kier molecular flexibility index (Phi) is 3.86. The summed E-state index contributed by atoms with van der Waals surface area (Å²) in [7, 11) is 1.73. The van der Waals surface area contributed by atoms with Gasteiger partial charge in [-0.1, -0.05) is 17.7 Å². The Morgan fingerprint density at radius 1 is 1.40 bits per heavy atom. The van der Waals surface area contributed by atoms with Crippen molar-refractivity contribution in [1.82, 2.24) is 0 Å². The summed E-state index contributed by atoms with van der Waals surface area (Å²) in [6.07, 6.45) is 0.170. The smallest absolute Gasteiger partial charge is 0.229 e. The van der Waals surface area contributed by atoms with Crippen molar-refractivity contribution in [2.45, 2.75) is 20.3 Å². The van der Waals surface area contributed by atoms with Crippen LogP contribution in [0.1, 0.15) is 17.5 Å². The highest BCUT2D eigenvalue weighted by Gasteiger charge is 2.11. The lowest BCUT2D eigenvalue weighted by Gasteiger charge is -2.19. The van der Waals surface area contributed by atoms with Crippen molar-refractivity contribution >= 4 is 11.6 Å². The number of nitrogens with zero attached hydrogens (tertiary/aromatic N) is 1. The lowest BCUT2D eigenvalue weighted by Crippen LogP contribution is -2.27. The first-order valence-electron chi connectivity index (χ1n) is 5.01. The van der Waals surface area contributed by atoms with E-state index in [1.54, 1.807) is 11.9 Å². The molecule has 0 aliphatic rings. The Balaban J connectivity index is 2.91. The average molecular weight is 207 g/mol. The maximum atomic E-state index is 11.5. The van der Waals surface area contributed by atoms with Crippen molar-refractivity contribution in [3.63, 3.8) is 0 Å². The summed E-state index contributed by atoms with van der Waals surface area (Å²) in [5, 5.41) is 8.70. The van der Waals surface area contributed by atoms with Gasteiger partial charge in [-0.25, -0.2) is 0 Å². The van der Waals surface area contributed by atoms with Crippen molar-refractivity contribution in [3.05, 3.63) is 29.3 Å². The zero-order chi connectivity index (χ0) is 11.4. The zero-order valence-electron chi connectivity index (χ0n) is 9.45. The third kappa shape index (κ3) is 2.80. The molecule has 82 valence electrons. The number of aliphatic hydroxyl groups excluding tert-OH is 1. The van der Waals surface area contributed by atoms with E-state index in [-0.39, 0.29) is 18.9 Å². The number of carbonyl (C=O) groups is 1. The first kappa shape index (κ1) is 11.7. The Morgan fingerprint density at radius 2 is 2.07 bits per heavy atom. The van der Waals surface area contributed by atoms with Gasteiger partial charge < -0.3 is 10.0 Å². The van der Waals surface area contributed by atoms with Crippen molar-refractivity contribution in [3.8, 4) is 0 Å². The molecule has 0 heterocycles. The minimum Gasteiger partial charge on any atom is -0.396 e. The number of amides is 1. The van der Waals surface area contributed by atoms with E-state index in [9.17, 15) is 4.79 Å². The van der Waals surface area contributed by atoms with Gasteiger partial charge in [0, 0.05) is 12.7 Å². The molecule has 0 fully saturated rings. The predicted molar refractivity (Wildman–Crippen MR) is 61.0 cm³/mol. The van der Waals surface area contributed by atoms with Gasteiger partial charge in [0.15, 0.2) is 0 Å². The molecule has 1 amide bonds. The van der Waals surface area contributed by atoms with E-state index in [4.69, 9.17) is 5.11 Å². The summed E-state index contributed by atoms with van der Waals surface area (Å²) < 4.78 is 0. The molecule has 0 aliphatic heterocycles. The molecular weight excluding hydrogens is 190 g/mol. The van der Waals surface area contributed by atoms with E-state index in [0.29, 0.717) is 0 Å². The molecule has 3 nitrogen and oxygen atoms in total. The normalized spacial score (nSPS) is 10.1. The monoisotopic (exact) mass is 207 g/mol. The molecular formula is C12H17NO2. The highest BCUT2D eigenvalue weighted by molar-refractivity contribution is 5.93. The lowest BCUT2D eigenvalue weighted by atomic mass is 10.1. The van der Waals surface area contributed by atoms with E-state index in [0.717, 1.165) is 11.3 Å². The minimum atomic E-state index is -0.103. The quantitative estimate of drug-likeness (QED) is 0.818. The van der Waals surface area contributed by atoms with Gasteiger partial charge >= 0.3 is 0 Å². The standard InChI is InChI=1S/C12H17NO2/c1-9-4-5-11(10(2)8-9)13(3)12(15)6-7-14/h4-5,8,14H,6-7H2,1-3H3. The van der Waals surface area contributed by atoms with Gasteiger partial charge in [-0.2, -0.15) is 0 Å². The Labute approximate surface area is 90.3 Å². The van der Waals surface area contributed by atoms with Crippen LogP contribution < -0.4 is 4.90 Å². The molecule has 0 unspecified atom stereocenters. The second-order valence-electron chi connectivity index (χ2n) is 3.72.